The van der Waals surface area contributed by atoms with Crippen LogP contribution < -0.4 is 5.32 Å². The number of hydrogen-bond acceptors (Lipinski definition) is 3. The lowest BCUT2D eigenvalue weighted by atomic mass is 10.0. The van der Waals surface area contributed by atoms with Crippen LogP contribution in [0.2, 0.25) is 0 Å². The molecule has 0 aliphatic carbocycles. The second-order valence-electron chi connectivity index (χ2n) is 4.81. The fourth-order valence-corrected chi connectivity index (χ4v) is 2.57. The van der Waals surface area contributed by atoms with Crippen LogP contribution in [0.15, 0.2) is 0 Å². The number of carbonyl (C=O) groups is 1. The van der Waals surface area contributed by atoms with Crippen molar-refractivity contribution in [2.45, 2.75) is 44.2 Å². The Kier molecular flexibility index (Phi) is 6.23. The van der Waals surface area contributed by atoms with Gasteiger partial charge in [-0.1, -0.05) is 0 Å². The molecule has 2 unspecified atom stereocenters. The number of piperidine rings is 1. The van der Waals surface area contributed by atoms with E-state index in [0.29, 0.717) is 12.5 Å². The molecule has 0 bridgehead atoms. The van der Waals surface area contributed by atoms with Crippen LogP contribution in [0.5, 0.6) is 0 Å². The Morgan fingerprint density at radius 1 is 1.41 bits per heavy atom. The van der Waals surface area contributed by atoms with Crippen molar-refractivity contribution in [2.75, 3.05) is 26.7 Å². The summed E-state index contributed by atoms with van der Waals surface area (Å²) in [6.45, 7) is 2.61. The van der Waals surface area contributed by atoms with Gasteiger partial charge in [0.1, 0.15) is 0 Å². The average molecular weight is 263 g/mol. The highest BCUT2D eigenvalue weighted by atomic mass is 35.5. The topological polar surface area (TPSA) is 41.6 Å². The minimum atomic E-state index is 0. The van der Waals surface area contributed by atoms with Crippen LogP contribution in [-0.2, 0) is 9.53 Å². The van der Waals surface area contributed by atoms with Gasteiger partial charge in [-0.05, 0) is 32.7 Å². The zero-order valence-corrected chi connectivity index (χ0v) is 11.3. The summed E-state index contributed by atoms with van der Waals surface area (Å²) in [5.41, 5.74) is 0. The molecule has 17 heavy (non-hydrogen) atoms. The third kappa shape index (κ3) is 4.12. The van der Waals surface area contributed by atoms with Crippen molar-refractivity contribution in [2.24, 2.45) is 0 Å². The molecule has 0 spiro atoms. The Bertz CT molecular complexity index is 245. The molecular weight excluding hydrogens is 240 g/mol. The van der Waals surface area contributed by atoms with E-state index in [1.165, 1.54) is 6.42 Å². The summed E-state index contributed by atoms with van der Waals surface area (Å²) in [6.07, 6.45) is 5.22. The van der Waals surface area contributed by atoms with E-state index in [-0.39, 0.29) is 24.4 Å². The average Bonchev–Trinajstić information content (AvgIpc) is 2.82. The maximum absolute atomic E-state index is 12.0. The maximum atomic E-state index is 12.0. The van der Waals surface area contributed by atoms with Gasteiger partial charge in [0, 0.05) is 25.7 Å². The number of likely N-dealkylation sites (tertiary alicyclic amines) is 1. The largest absolute Gasteiger partial charge is 0.378 e. The molecule has 2 aliphatic rings. The molecule has 0 aromatic heterocycles. The van der Waals surface area contributed by atoms with Crippen LogP contribution >= 0.6 is 12.4 Å². The monoisotopic (exact) mass is 262 g/mol. The number of ether oxygens (including phenoxy) is 1. The molecule has 0 radical (unpaired) electrons. The van der Waals surface area contributed by atoms with Gasteiger partial charge in [-0.15, -0.1) is 12.4 Å². The Labute approximate surface area is 109 Å². The molecule has 0 aromatic carbocycles. The predicted molar refractivity (Wildman–Crippen MR) is 69.5 cm³/mol. The van der Waals surface area contributed by atoms with E-state index in [9.17, 15) is 4.79 Å². The fourth-order valence-electron chi connectivity index (χ4n) is 2.57. The van der Waals surface area contributed by atoms with Crippen molar-refractivity contribution in [3.63, 3.8) is 0 Å². The smallest absolute Gasteiger partial charge is 0.225 e. The van der Waals surface area contributed by atoms with E-state index in [1.807, 2.05) is 11.9 Å². The summed E-state index contributed by atoms with van der Waals surface area (Å²) in [6, 6.07) is 0.474. The van der Waals surface area contributed by atoms with Gasteiger partial charge in [-0.3, -0.25) is 4.79 Å². The third-order valence-corrected chi connectivity index (χ3v) is 3.61. The highest BCUT2D eigenvalue weighted by Gasteiger charge is 2.26. The second kappa shape index (κ2) is 7.19. The van der Waals surface area contributed by atoms with Gasteiger partial charge in [-0.25, -0.2) is 0 Å². The van der Waals surface area contributed by atoms with Crippen molar-refractivity contribution < 1.29 is 9.53 Å². The molecule has 2 atom stereocenters. The Morgan fingerprint density at radius 3 is 2.88 bits per heavy atom. The number of likely N-dealkylation sites (N-methyl/N-ethyl adjacent to an activating group) is 1. The fraction of sp³-hybridized carbons (Fsp3) is 0.917. The third-order valence-electron chi connectivity index (χ3n) is 3.61. The number of rotatable bonds is 3. The maximum Gasteiger partial charge on any atom is 0.225 e. The Balaban J connectivity index is 0.00000144. The summed E-state index contributed by atoms with van der Waals surface area (Å²) in [5, 5.41) is 3.26. The summed E-state index contributed by atoms with van der Waals surface area (Å²) >= 11 is 0. The zero-order valence-electron chi connectivity index (χ0n) is 10.5. The number of carbonyl (C=O) groups excluding carboxylic acids is 1. The molecular formula is C12H23ClN2O2. The van der Waals surface area contributed by atoms with Crippen molar-refractivity contribution in [3.05, 3.63) is 0 Å². The lowest BCUT2D eigenvalue weighted by Gasteiger charge is -2.33. The molecule has 0 saturated carbocycles. The van der Waals surface area contributed by atoms with Gasteiger partial charge in [0.05, 0.1) is 12.5 Å². The molecule has 5 heteroatoms. The van der Waals surface area contributed by atoms with Crippen LogP contribution in [-0.4, -0.2) is 49.7 Å². The molecule has 2 aliphatic heterocycles. The van der Waals surface area contributed by atoms with E-state index in [2.05, 4.69) is 5.32 Å². The summed E-state index contributed by atoms with van der Waals surface area (Å²) in [4.78, 5) is 14.0. The SMILES string of the molecule is CNC1CCCN(C(=O)CC2CCCO2)C1.Cl. The first kappa shape index (κ1) is 14.7. The molecule has 2 rings (SSSR count). The van der Waals surface area contributed by atoms with Crippen LogP contribution in [0.4, 0.5) is 0 Å². The van der Waals surface area contributed by atoms with E-state index in [1.54, 1.807) is 0 Å². The van der Waals surface area contributed by atoms with Crippen LogP contribution in [0.3, 0.4) is 0 Å². The first-order valence-electron chi connectivity index (χ1n) is 6.36. The predicted octanol–water partition coefficient (Wildman–Crippen LogP) is 1.19. The molecule has 4 nitrogen and oxygen atoms in total. The van der Waals surface area contributed by atoms with Gasteiger partial charge in [0.15, 0.2) is 0 Å². The summed E-state index contributed by atoms with van der Waals surface area (Å²) in [5.74, 6) is 0.270. The highest BCUT2D eigenvalue weighted by molar-refractivity contribution is 5.85. The van der Waals surface area contributed by atoms with Gasteiger partial charge < -0.3 is 15.0 Å². The van der Waals surface area contributed by atoms with Crippen molar-refractivity contribution in [1.82, 2.24) is 10.2 Å². The zero-order chi connectivity index (χ0) is 11.4. The minimum Gasteiger partial charge on any atom is -0.378 e. The first-order chi connectivity index (χ1) is 7.79. The summed E-state index contributed by atoms with van der Waals surface area (Å²) in [7, 11) is 1.97. The molecule has 1 amide bonds. The van der Waals surface area contributed by atoms with Gasteiger partial charge in [-0.2, -0.15) is 0 Å². The standard InChI is InChI=1S/C12H22N2O2.ClH/c1-13-10-4-2-6-14(9-10)12(15)8-11-5-3-7-16-11;/h10-11,13H,2-9H2,1H3;1H. The first-order valence-corrected chi connectivity index (χ1v) is 6.36. The van der Waals surface area contributed by atoms with Crippen molar-refractivity contribution >= 4 is 18.3 Å². The normalized spacial score (nSPS) is 28.9. The van der Waals surface area contributed by atoms with Crippen molar-refractivity contribution in [1.29, 1.82) is 0 Å². The highest BCUT2D eigenvalue weighted by Crippen LogP contribution is 2.18. The number of halogens is 1. The van der Waals surface area contributed by atoms with Crippen molar-refractivity contribution in [3.8, 4) is 0 Å². The molecule has 2 saturated heterocycles. The lowest BCUT2D eigenvalue weighted by molar-refractivity contribution is -0.134. The molecule has 100 valence electrons. The Morgan fingerprint density at radius 2 is 2.24 bits per heavy atom. The van der Waals surface area contributed by atoms with E-state index >= 15 is 0 Å². The van der Waals surface area contributed by atoms with Gasteiger partial charge in [0.2, 0.25) is 5.91 Å². The van der Waals surface area contributed by atoms with E-state index in [0.717, 1.165) is 39.0 Å². The molecule has 1 N–H and O–H groups in total. The number of hydrogen-bond donors (Lipinski definition) is 1. The van der Waals surface area contributed by atoms with Gasteiger partial charge in [0.25, 0.3) is 0 Å². The number of nitrogens with zero attached hydrogens (tertiary/aromatic N) is 1. The van der Waals surface area contributed by atoms with Crippen LogP contribution in [0, 0.1) is 0 Å². The van der Waals surface area contributed by atoms with Gasteiger partial charge >= 0.3 is 0 Å². The molecule has 2 fully saturated rings. The number of nitrogens with one attached hydrogen (secondary N) is 1. The minimum absolute atomic E-state index is 0. The summed E-state index contributed by atoms with van der Waals surface area (Å²) < 4.78 is 5.50. The molecule has 2 heterocycles. The second-order valence-corrected chi connectivity index (χ2v) is 4.81. The number of amides is 1. The lowest BCUT2D eigenvalue weighted by Crippen LogP contribution is -2.47. The Hall–Kier alpha value is -0.320. The van der Waals surface area contributed by atoms with E-state index in [4.69, 9.17) is 4.74 Å². The van der Waals surface area contributed by atoms with Crippen LogP contribution in [0.25, 0.3) is 0 Å². The van der Waals surface area contributed by atoms with E-state index < -0.39 is 0 Å². The molecule has 0 aromatic rings. The van der Waals surface area contributed by atoms with Crippen LogP contribution in [0.1, 0.15) is 32.1 Å². The quantitative estimate of drug-likeness (QED) is 0.831.